The van der Waals surface area contributed by atoms with Crippen molar-refractivity contribution in [3.8, 4) is 34.2 Å². The van der Waals surface area contributed by atoms with Crippen molar-refractivity contribution in [3.63, 3.8) is 0 Å². The lowest BCUT2D eigenvalue weighted by molar-refractivity contribution is 1.11. The lowest BCUT2D eigenvalue weighted by Crippen LogP contribution is -1.99. The highest BCUT2D eigenvalue weighted by Crippen LogP contribution is 2.31. The van der Waals surface area contributed by atoms with Gasteiger partial charge in [-0.1, -0.05) is 36.4 Å². The molecule has 0 spiro atoms. The first-order chi connectivity index (χ1) is 17.5. The first kappa shape index (κ1) is 22.4. The zero-order chi connectivity index (χ0) is 24.8. The van der Waals surface area contributed by atoms with Gasteiger partial charge in [0.25, 0.3) is 0 Å². The Morgan fingerprint density at radius 1 is 0.639 bits per heavy atom. The maximum absolute atomic E-state index is 4.83. The van der Waals surface area contributed by atoms with Gasteiger partial charge in [0.1, 0.15) is 16.0 Å². The molecule has 36 heavy (non-hydrogen) atoms. The summed E-state index contributed by atoms with van der Waals surface area (Å²) < 4.78 is 0.795. The van der Waals surface area contributed by atoms with Crippen LogP contribution in [0.2, 0.25) is 0 Å². The molecule has 174 valence electrons. The highest BCUT2D eigenvalue weighted by atomic mass is 79.9. The third-order valence-corrected chi connectivity index (χ3v) is 7.19. The monoisotopic (exact) mass is 532 g/mol. The quantitative estimate of drug-likeness (QED) is 0.227. The molecular formula is C29H21BrN6. The minimum Gasteiger partial charge on any atom is -0.249 e. The molecule has 6 rings (SSSR count). The number of rotatable bonds is 3. The van der Waals surface area contributed by atoms with Gasteiger partial charge >= 0.3 is 0 Å². The Bertz CT molecular complexity index is 1800. The number of halogens is 1. The molecule has 4 heterocycles. The molecule has 0 saturated carbocycles. The summed E-state index contributed by atoms with van der Waals surface area (Å²) in [4.78, 5) is 28.1. The largest absolute Gasteiger partial charge is 0.249 e. The molecule has 0 radical (unpaired) electrons. The predicted molar refractivity (Wildman–Crippen MR) is 146 cm³/mol. The van der Waals surface area contributed by atoms with Crippen molar-refractivity contribution in [2.75, 3.05) is 0 Å². The predicted octanol–water partition coefficient (Wildman–Crippen LogP) is 7.05. The molecule has 4 aromatic heterocycles. The van der Waals surface area contributed by atoms with Crippen LogP contribution >= 0.6 is 15.9 Å². The Kier molecular flexibility index (Phi) is 5.49. The first-order valence-electron chi connectivity index (χ1n) is 11.6. The number of hydrogen-bond donors (Lipinski definition) is 0. The van der Waals surface area contributed by atoms with E-state index in [-0.39, 0.29) is 0 Å². The van der Waals surface area contributed by atoms with Crippen molar-refractivity contribution < 1.29 is 0 Å². The van der Waals surface area contributed by atoms with E-state index in [9.17, 15) is 0 Å². The Morgan fingerprint density at radius 3 is 2.17 bits per heavy atom. The first-order valence-corrected chi connectivity index (χ1v) is 12.4. The second-order valence-corrected chi connectivity index (χ2v) is 9.54. The number of aryl methyl sites for hydroxylation is 2. The molecule has 0 atom stereocenters. The minimum atomic E-state index is 0.591. The van der Waals surface area contributed by atoms with E-state index in [2.05, 4.69) is 56.0 Å². The summed E-state index contributed by atoms with van der Waals surface area (Å²) in [5.41, 5.74) is 8.47. The number of hydrogen-bond acceptors (Lipinski definition) is 6. The van der Waals surface area contributed by atoms with Gasteiger partial charge in [0, 0.05) is 28.9 Å². The van der Waals surface area contributed by atoms with Crippen LogP contribution in [0.5, 0.6) is 0 Å². The van der Waals surface area contributed by atoms with E-state index in [4.69, 9.17) is 15.0 Å². The van der Waals surface area contributed by atoms with Crippen molar-refractivity contribution in [2.24, 2.45) is 0 Å². The fourth-order valence-corrected chi connectivity index (χ4v) is 4.51. The van der Waals surface area contributed by atoms with Gasteiger partial charge in [-0.15, -0.1) is 0 Å². The highest BCUT2D eigenvalue weighted by Gasteiger charge is 2.14. The molecule has 0 aliphatic carbocycles. The van der Waals surface area contributed by atoms with E-state index in [0.29, 0.717) is 11.6 Å². The summed E-state index contributed by atoms with van der Waals surface area (Å²) in [6.07, 6.45) is 3.69. The molecule has 7 heteroatoms. The topological polar surface area (TPSA) is 77.3 Å². The van der Waals surface area contributed by atoms with E-state index >= 15 is 0 Å². The van der Waals surface area contributed by atoms with Crippen molar-refractivity contribution >= 4 is 37.7 Å². The minimum absolute atomic E-state index is 0.591. The molecule has 0 saturated heterocycles. The second-order valence-electron chi connectivity index (χ2n) is 8.79. The summed E-state index contributed by atoms with van der Waals surface area (Å²) in [5.74, 6) is 1.20. The van der Waals surface area contributed by atoms with Crippen LogP contribution in [0.15, 0.2) is 77.7 Å². The number of benzene rings is 2. The van der Waals surface area contributed by atoms with Gasteiger partial charge in [0.2, 0.25) is 0 Å². The van der Waals surface area contributed by atoms with Gasteiger partial charge < -0.3 is 0 Å². The van der Waals surface area contributed by atoms with E-state index in [0.717, 1.165) is 65.7 Å². The molecule has 6 aromatic rings. The molecule has 0 aliphatic rings. The smallest absolute Gasteiger partial charge is 0.178 e. The number of nitrogens with zero attached hydrogens (tertiary/aromatic N) is 6. The Morgan fingerprint density at radius 2 is 1.36 bits per heavy atom. The summed E-state index contributed by atoms with van der Waals surface area (Å²) in [6, 6.07) is 20.2. The normalized spacial score (nSPS) is 11.3. The molecule has 0 aliphatic heterocycles. The van der Waals surface area contributed by atoms with Crippen LogP contribution in [0.25, 0.3) is 56.0 Å². The highest BCUT2D eigenvalue weighted by molar-refractivity contribution is 9.10. The lowest BCUT2D eigenvalue weighted by atomic mass is 9.98. The maximum atomic E-state index is 4.83. The van der Waals surface area contributed by atoms with Crippen LogP contribution in [0.3, 0.4) is 0 Å². The van der Waals surface area contributed by atoms with Crippen molar-refractivity contribution in [3.05, 3.63) is 94.5 Å². The second kappa shape index (κ2) is 8.84. The Labute approximate surface area is 216 Å². The zero-order valence-electron chi connectivity index (χ0n) is 20.0. The fourth-order valence-electron chi connectivity index (χ4n) is 4.19. The van der Waals surface area contributed by atoms with Crippen molar-refractivity contribution in [2.45, 2.75) is 20.8 Å². The summed E-state index contributed by atoms with van der Waals surface area (Å²) in [6.45, 7) is 6.11. The molecule has 0 bridgehead atoms. The number of para-hydroxylation sites is 1. The number of fused-ring (bicyclic) bond motifs is 2. The van der Waals surface area contributed by atoms with Crippen LogP contribution in [-0.2, 0) is 0 Å². The lowest BCUT2D eigenvalue weighted by Gasteiger charge is -2.12. The van der Waals surface area contributed by atoms with E-state index in [1.807, 2.05) is 68.7 Å². The van der Waals surface area contributed by atoms with Crippen LogP contribution in [0.4, 0.5) is 0 Å². The third kappa shape index (κ3) is 4.01. The fraction of sp³-hybridized carbons (Fsp3) is 0.103. The number of aromatic nitrogens is 6. The average molecular weight is 533 g/mol. The molecule has 0 amide bonds. The van der Waals surface area contributed by atoms with Gasteiger partial charge in [-0.05, 0) is 83.2 Å². The standard InChI is InChI=1S/C29H21BrN6/c1-16-8-11-24(34-27(16)30)28-31-15-21-10-9-19(12-25(21)36-28)22-13-26(33-18(3)17(22)2)29-32-14-20-6-4-5-7-23(20)35-29/h4-15H,1-3H3. The average Bonchev–Trinajstić information content (AvgIpc) is 2.90. The maximum Gasteiger partial charge on any atom is 0.178 e. The zero-order valence-corrected chi connectivity index (χ0v) is 21.6. The Hall–Kier alpha value is -4.10. The third-order valence-electron chi connectivity index (χ3n) is 6.39. The summed E-state index contributed by atoms with van der Waals surface area (Å²) in [5, 5.41) is 1.97. The molecule has 0 unspecified atom stereocenters. The van der Waals surface area contributed by atoms with Crippen molar-refractivity contribution in [1.82, 2.24) is 29.9 Å². The van der Waals surface area contributed by atoms with E-state index < -0.39 is 0 Å². The van der Waals surface area contributed by atoms with Gasteiger partial charge in [0.15, 0.2) is 11.6 Å². The molecule has 0 fully saturated rings. The Balaban J connectivity index is 1.46. The van der Waals surface area contributed by atoms with Gasteiger partial charge in [-0.3, -0.25) is 0 Å². The summed E-state index contributed by atoms with van der Waals surface area (Å²) in [7, 11) is 0. The van der Waals surface area contributed by atoms with Crippen molar-refractivity contribution in [1.29, 1.82) is 0 Å². The van der Waals surface area contributed by atoms with Crippen LogP contribution in [-0.4, -0.2) is 29.9 Å². The molecule has 6 nitrogen and oxygen atoms in total. The summed E-state index contributed by atoms with van der Waals surface area (Å²) >= 11 is 3.51. The van der Waals surface area contributed by atoms with Gasteiger partial charge in [0.05, 0.1) is 11.0 Å². The van der Waals surface area contributed by atoms with Crippen LogP contribution in [0.1, 0.15) is 16.8 Å². The SMILES string of the molecule is Cc1ccc(-c2ncc3ccc(-c4cc(-c5ncc6ccccc6n5)nc(C)c4C)cc3n2)nc1Br. The van der Waals surface area contributed by atoms with Gasteiger partial charge in [-0.2, -0.15) is 0 Å². The molecular weight excluding hydrogens is 512 g/mol. The molecule has 0 N–H and O–H groups in total. The van der Waals surface area contributed by atoms with Gasteiger partial charge in [-0.25, -0.2) is 29.9 Å². The van der Waals surface area contributed by atoms with Crippen LogP contribution < -0.4 is 0 Å². The van der Waals surface area contributed by atoms with Crippen LogP contribution in [0, 0.1) is 20.8 Å². The van der Waals surface area contributed by atoms with E-state index in [1.54, 1.807) is 0 Å². The number of pyridine rings is 2. The van der Waals surface area contributed by atoms with E-state index in [1.165, 1.54) is 0 Å². The molecule has 2 aromatic carbocycles.